The van der Waals surface area contributed by atoms with Gasteiger partial charge in [0.05, 0.1) is 6.04 Å². The van der Waals surface area contributed by atoms with Crippen molar-refractivity contribution in [2.75, 3.05) is 7.05 Å². The maximum atomic E-state index is 13.8. The summed E-state index contributed by atoms with van der Waals surface area (Å²) >= 11 is 6.07. The first-order chi connectivity index (χ1) is 7.74. The molecule has 0 saturated carbocycles. The third-order valence-corrected chi connectivity index (χ3v) is 3.35. The van der Waals surface area contributed by atoms with Gasteiger partial charge in [-0.05, 0) is 38.4 Å². The molecule has 1 aromatic carbocycles. The van der Waals surface area contributed by atoms with E-state index in [0.29, 0.717) is 10.6 Å². The minimum Gasteiger partial charge on any atom is -0.309 e. The average Bonchev–Trinajstić information content (AvgIpc) is 2.77. The van der Waals surface area contributed by atoms with Crippen LogP contribution in [-0.4, -0.2) is 7.05 Å². The van der Waals surface area contributed by atoms with Crippen molar-refractivity contribution < 1.29 is 4.39 Å². The van der Waals surface area contributed by atoms with Crippen LogP contribution in [0.1, 0.15) is 30.9 Å². The summed E-state index contributed by atoms with van der Waals surface area (Å²) < 4.78 is 13.8. The van der Waals surface area contributed by atoms with Gasteiger partial charge in [-0.25, -0.2) is 4.39 Å². The molecule has 0 spiro atoms. The number of rotatable bonds is 3. The zero-order valence-electron chi connectivity index (χ0n) is 9.26. The minimum atomic E-state index is -0.236. The summed E-state index contributed by atoms with van der Waals surface area (Å²) in [6.45, 7) is 0. The van der Waals surface area contributed by atoms with Crippen LogP contribution in [0.2, 0.25) is 5.02 Å². The zero-order chi connectivity index (χ0) is 11.5. The zero-order valence-corrected chi connectivity index (χ0v) is 10.0. The van der Waals surface area contributed by atoms with Gasteiger partial charge in [0.15, 0.2) is 0 Å². The van der Waals surface area contributed by atoms with Crippen molar-refractivity contribution >= 4 is 11.6 Å². The summed E-state index contributed by atoms with van der Waals surface area (Å²) in [4.78, 5) is 0. The molecular formula is C13H15ClFN. The first-order valence-electron chi connectivity index (χ1n) is 5.54. The Morgan fingerprint density at radius 2 is 2.25 bits per heavy atom. The molecule has 1 aromatic rings. The van der Waals surface area contributed by atoms with E-state index in [1.54, 1.807) is 12.1 Å². The van der Waals surface area contributed by atoms with Crippen LogP contribution >= 0.6 is 11.6 Å². The smallest absolute Gasteiger partial charge is 0.129 e. The molecular weight excluding hydrogens is 225 g/mol. The second-order valence-electron chi connectivity index (χ2n) is 4.03. The van der Waals surface area contributed by atoms with E-state index < -0.39 is 0 Å². The fourth-order valence-corrected chi connectivity index (χ4v) is 2.53. The number of benzene rings is 1. The second kappa shape index (κ2) is 4.98. The lowest BCUT2D eigenvalue weighted by Crippen LogP contribution is -2.19. The summed E-state index contributed by atoms with van der Waals surface area (Å²) in [6, 6.07) is 4.74. The summed E-state index contributed by atoms with van der Waals surface area (Å²) in [7, 11) is 1.84. The molecule has 0 aliphatic heterocycles. The van der Waals surface area contributed by atoms with E-state index in [0.717, 1.165) is 19.3 Å². The van der Waals surface area contributed by atoms with E-state index in [-0.39, 0.29) is 11.9 Å². The van der Waals surface area contributed by atoms with E-state index in [4.69, 9.17) is 11.6 Å². The van der Waals surface area contributed by atoms with Gasteiger partial charge >= 0.3 is 0 Å². The van der Waals surface area contributed by atoms with Crippen molar-refractivity contribution in [3.63, 3.8) is 0 Å². The van der Waals surface area contributed by atoms with Gasteiger partial charge in [0.1, 0.15) is 5.82 Å². The number of allylic oxidation sites excluding steroid dienone is 1. The Kier molecular flexibility index (Phi) is 3.62. The summed E-state index contributed by atoms with van der Waals surface area (Å²) in [5, 5.41) is 3.64. The molecule has 1 aliphatic carbocycles. The standard InChI is InChI=1S/C13H15ClFN/c1-16-13(9-5-2-3-6-9)12-10(14)7-4-8-11(12)15/h4-5,7-8,13,16H,2-3,6H2,1H3. The largest absolute Gasteiger partial charge is 0.309 e. The molecule has 1 N–H and O–H groups in total. The predicted molar refractivity (Wildman–Crippen MR) is 65.1 cm³/mol. The maximum Gasteiger partial charge on any atom is 0.129 e. The van der Waals surface area contributed by atoms with Gasteiger partial charge in [0, 0.05) is 10.6 Å². The van der Waals surface area contributed by atoms with Crippen LogP contribution in [0.4, 0.5) is 4.39 Å². The van der Waals surface area contributed by atoms with E-state index in [1.807, 2.05) is 7.05 Å². The first kappa shape index (κ1) is 11.6. The molecule has 0 heterocycles. The highest BCUT2D eigenvalue weighted by atomic mass is 35.5. The third kappa shape index (κ3) is 2.13. The minimum absolute atomic E-state index is 0.0869. The second-order valence-corrected chi connectivity index (χ2v) is 4.44. The summed E-state index contributed by atoms with van der Waals surface area (Å²) in [6.07, 6.45) is 5.44. The third-order valence-electron chi connectivity index (χ3n) is 3.02. The first-order valence-corrected chi connectivity index (χ1v) is 5.92. The summed E-state index contributed by atoms with van der Waals surface area (Å²) in [5.74, 6) is -0.236. The Balaban J connectivity index is 2.40. The van der Waals surface area contributed by atoms with Crippen LogP contribution < -0.4 is 5.32 Å². The molecule has 0 bridgehead atoms. The van der Waals surface area contributed by atoms with Crippen LogP contribution in [-0.2, 0) is 0 Å². The molecule has 0 saturated heterocycles. The van der Waals surface area contributed by atoms with Crippen molar-refractivity contribution in [1.82, 2.24) is 5.32 Å². The Labute approximate surface area is 100 Å². The molecule has 16 heavy (non-hydrogen) atoms. The molecule has 1 aliphatic rings. The van der Waals surface area contributed by atoms with Crippen LogP contribution in [0.15, 0.2) is 29.8 Å². The number of likely N-dealkylation sites (N-methyl/N-ethyl adjacent to an activating group) is 1. The van der Waals surface area contributed by atoms with E-state index in [9.17, 15) is 4.39 Å². The number of nitrogens with one attached hydrogen (secondary N) is 1. The van der Waals surface area contributed by atoms with Crippen molar-refractivity contribution in [2.45, 2.75) is 25.3 Å². The van der Waals surface area contributed by atoms with Crippen LogP contribution in [0, 0.1) is 5.82 Å². The van der Waals surface area contributed by atoms with Crippen LogP contribution in [0.5, 0.6) is 0 Å². The van der Waals surface area contributed by atoms with Gasteiger partial charge in [-0.15, -0.1) is 0 Å². The lowest BCUT2D eigenvalue weighted by molar-refractivity contribution is 0.567. The van der Waals surface area contributed by atoms with Crippen LogP contribution in [0.3, 0.4) is 0 Å². The lowest BCUT2D eigenvalue weighted by Gasteiger charge is -2.20. The molecule has 2 rings (SSSR count). The van der Waals surface area contributed by atoms with Crippen molar-refractivity contribution in [1.29, 1.82) is 0 Å². The van der Waals surface area contributed by atoms with Gasteiger partial charge in [0.25, 0.3) is 0 Å². The predicted octanol–water partition coefficient (Wildman–Crippen LogP) is 3.85. The van der Waals surface area contributed by atoms with Gasteiger partial charge in [-0.1, -0.05) is 29.3 Å². The highest BCUT2D eigenvalue weighted by Crippen LogP contribution is 2.35. The average molecular weight is 240 g/mol. The fourth-order valence-electron chi connectivity index (χ4n) is 2.26. The quantitative estimate of drug-likeness (QED) is 0.790. The summed E-state index contributed by atoms with van der Waals surface area (Å²) in [5.41, 5.74) is 1.81. The number of hydrogen-bond donors (Lipinski definition) is 1. The van der Waals surface area contributed by atoms with Crippen molar-refractivity contribution in [3.05, 3.63) is 46.3 Å². The molecule has 1 unspecified atom stereocenters. The van der Waals surface area contributed by atoms with Crippen molar-refractivity contribution in [3.8, 4) is 0 Å². The maximum absolute atomic E-state index is 13.8. The molecule has 0 aromatic heterocycles. The molecule has 86 valence electrons. The molecule has 0 fully saturated rings. The van der Waals surface area contributed by atoms with E-state index in [1.165, 1.54) is 11.6 Å². The molecule has 0 amide bonds. The van der Waals surface area contributed by atoms with E-state index in [2.05, 4.69) is 11.4 Å². The number of hydrogen-bond acceptors (Lipinski definition) is 1. The molecule has 1 nitrogen and oxygen atoms in total. The van der Waals surface area contributed by atoms with Gasteiger partial charge < -0.3 is 5.32 Å². The fraction of sp³-hybridized carbons (Fsp3) is 0.385. The Bertz CT molecular complexity index is 394. The highest BCUT2D eigenvalue weighted by molar-refractivity contribution is 6.31. The van der Waals surface area contributed by atoms with E-state index >= 15 is 0 Å². The van der Waals surface area contributed by atoms with Gasteiger partial charge in [-0.3, -0.25) is 0 Å². The normalized spacial score (nSPS) is 17.3. The lowest BCUT2D eigenvalue weighted by atomic mass is 9.98. The molecule has 3 heteroatoms. The van der Waals surface area contributed by atoms with Crippen molar-refractivity contribution in [2.24, 2.45) is 0 Å². The monoisotopic (exact) mass is 239 g/mol. The topological polar surface area (TPSA) is 12.0 Å². The van der Waals surface area contributed by atoms with Crippen LogP contribution in [0.25, 0.3) is 0 Å². The highest BCUT2D eigenvalue weighted by Gasteiger charge is 2.22. The SMILES string of the molecule is CNC(C1=CCCC1)c1c(F)cccc1Cl. The Morgan fingerprint density at radius 1 is 1.44 bits per heavy atom. The van der Waals surface area contributed by atoms with Gasteiger partial charge in [-0.2, -0.15) is 0 Å². The van der Waals surface area contributed by atoms with Gasteiger partial charge in [0.2, 0.25) is 0 Å². The Hall–Kier alpha value is -0.860. The molecule has 0 radical (unpaired) electrons. The number of halogens is 2. The molecule has 1 atom stereocenters. The Morgan fingerprint density at radius 3 is 2.81 bits per heavy atom.